The fourth-order valence-electron chi connectivity index (χ4n) is 1.79. The summed E-state index contributed by atoms with van der Waals surface area (Å²) in [5.41, 5.74) is -0.302. The summed E-state index contributed by atoms with van der Waals surface area (Å²) >= 11 is 11.3. The van der Waals surface area contributed by atoms with Crippen LogP contribution in [0.2, 0.25) is 10.2 Å². The number of pyridine rings is 1. The molecule has 0 aliphatic carbocycles. The highest BCUT2D eigenvalue weighted by Gasteiger charge is 2.34. The van der Waals surface area contributed by atoms with Crippen LogP contribution in [0.4, 0.5) is 13.2 Å². The number of halogens is 5. The largest absolute Gasteiger partial charge is 0.419 e. The van der Waals surface area contributed by atoms with Gasteiger partial charge in [-0.05, 0) is 29.8 Å². The predicted octanol–water partition coefficient (Wildman–Crippen LogP) is 5.06. The van der Waals surface area contributed by atoms with Crippen LogP contribution in [-0.2, 0) is 6.18 Å². The van der Waals surface area contributed by atoms with Crippen LogP contribution in [0.5, 0.6) is 0 Å². The molecular formula is C14H7Cl2F3N2. The molecule has 1 atom stereocenters. The number of benzene rings is 1. The molecule has 0 amide bonds. The van der Waals surface area contributed by atoms with Crippen molar-refractivity contribution in [2.75, 3.05) is 0 Å². The quantitative estimate of drug-likeness (QED) is 0.721. The number of alkyl halides is 3. The van der Waals surface area contributed by atoms with Crippen molar-refractivity contribution in [1.82, 2.24) is 4.98 Å². The van der Waals surface area contributed by atoms with Crippen LogP contribution in [0.25, 0.3) is 0 Å². The Morgan fingerprint density at radius 1 is 1.05 bits per heavy atom. The van der Waals surface area contributed by atoms with Gasteiger partial charge in [-0.15, -0.1) is 0 Å². The molecule has 2 aromatic rings. The molecule has 2 nitrogen and oxygen atoms in total. The fraction of sp³-hybridized carbons (Fsp3) is 0.143. The standard InChI is InChI=1S/C14H7Cl2F3N2/c15-9-3-1-8(2-4-9)10(7-20)12-6-5-11(13(16)21-12)14(17,18)19/h1-6,10H. The maximum atomic E-state index is 12.6. The van der Waals surface area contributed by atoms with Crippen LogP contribution in [0.1, 0.15) is 22.7 Å². The van der Waals surface area contributed by atoms with Gasteiger partial charge in [0, 0.05) is 5.02 Å². The Morgan fingerprint density at radius 3 is 2.14 bits per heavy atom. The Morgan fingerprint density at radius 2 is 1.67 bits per heavy atom. The lowest BCUT2D eigenvalue weighted by Crippen LogP contribution is -2.09. The maximum Gasteiger partial charge on any atom is 0.419 e. The zero-order chi connectivity index (χ0) is 15.6. The number of rotatable bonds is 2. The second-order valence-electron chi connectivity index (χ2n) is 4.19. The lowest BCUT2D eigenvalue weighted by atomic mass is 9.96. The van der Waals surface area contributed by atoms with Gasteiger partial charge in [0.05, 0.1) is 17.3 Å². The summed E-state index contributed by atoms with van der Waals surface area (Å²) in [7, 11) is 0. The minimum atomic E-state index is -4.58. The maximum absolute atomic E-state index is 12.6. The highest BCUT2D eigenvalue weighted by Crippen LogP contribution is 2.35. The molecule has 2 rings (SSSR count). The van der Waals surface area contributed by atoms with Crippen molar-refractivity contribution in [3.63, 3.8) is 0 Å². The first-order valence-corrected chi connectivity index (χ1v) is 6.47. The first-order valence-electron chi connectivity index (χ1n) is 5.71. The monoisotopic (exact) mass is 330 g/mol. The number of nitriles is 1. The Hall–Kier alpha value is -1.77. The van der Waals surface area contributed by atoms with E-state index in [1.807, 2.05) is 6.07 Å². The van der Waals surface area contributed by atoms with Gasteiger partial charge < -0.3 is 0 Å². The van der Waals surface area contributed by atoms with E-state index < -0.39 is 22.8 Å². The van der Waals surface area contributed by atoms with Gasteiger partial charge in [-0.25, -0.2) is 4.98 Å². The molecule has 0 fully saturated rings. The fourth-order valence-corrected chi connectivity index (χ4v) is 2.18. The topological polar surface area (TPSA) is 36.7 Å². The summed E-state index contributed by atoms with van der Waals surface area (Å²) in [6.07, 6.45) is -4.58. The van der Waals surface area contributed by atoms with E-state index in [-0.39, 0.29) is 5.69 Å². The van der Waals surface area contributed by atoms with Crippen molar-refractivity contribution in [3.8, 4) is 6.07 Å². The van der Waals surface area contributed by atoms with E-state index in [4.69, 9.17) is 23.2 Å². The molecule has 0 N–H and O–H groups in total. The van der Waals surface area contributed by atoms with Crippen molar-refractivity contribution in [1.29, 1.82) is 5.26 Å². The van der Waals surface area contributed by atoms with Gasteiger partial charge in [-0.1, -0.05) is 35.3 Å². The summed E-state index contributed by atoms with van der Waals surface area (Å²) in [5, 5.41) is 9.06. The molecule has 7 heteroatoms. The molecule has 1 aromatic heterocycles. The lowest BCUT2D eigenvalue weighted by molar-refractivity contribution is -0.137. The van der Waals surface area contributed by atoms with Crippen molar-refractivity contribution in [2.24, 2.45) is 0 Å². The predicted molar refractivity (Wildman–Crippen MR) is 73.2 cm³/mol. The third kappa shape index (κ3) is 3.46. The van der Waals surface area contributed by atoms with E-state index in [1.165, 1.54) is 0 Å². The highest BCUT2D eigenvalue weighted by atomic mass is 35.5. The van der Waals surface area contributed by atoms with Crippen LogP contribution >= 0.6 is 23.2 Å². The Bertz CT molecular complexity index is 691. The van der Waals surface area contributed by atoms with Gasteiger partial charge in [-0.2, -0.15) is 18.4 Å². The Balaban J connectivity index is 2.43. The number of hydrogen-bond acceptors (Lipinski definition) is 2. The normalized spacial score (nSPS) is 12.8. The summed E-state index contributed by atoms with van der Waals surface area (Å²) < 4.78 is 37.9. The minimum absolute atomic E-state index is 0.151. The third-order valence-electron chi connectivity index (χ3n) is 2.80. The first-order chi connectivity index (χ1) is 9.82. The van der Waals surface area contributed by atoms with E-state index in [9.17, 15) is 18.4 Å². The van der Waals surface area contributed by atoms with Gasteiger partial charge in [-0.3, -0.25) is 0 Å². The Labute approximate surface area is 128 Å². The summed E-state index contributed by atoms with van der Waals surface area (Å²) in [5.74, 6) is -0.818. The molecule has 1 unspecified atom stereocenters. The SMILES string of the molecule is N#CC(c1ccc(Cl)cc1)c1ccc(C(F)(F)F)c(Cl)n1. The Kier molecular flexibility index (Phi) is 4.40. The zero-order valence-corrected chi connectivity index (χ0v) is 11.8. The number of aromatic nitrogens is 1. The van der Waals surface area contributed by atoms with Crippen molar-refractivity contribution >= 4 is 23.2 Å². The van der Waals surface area contributed by atoms with Gasteiger partial charge in [0.1, 0.15) is 11.1 Å². The van der Waals surface area contributed by atoms with E-state index >= 15 is 0 Å². The van der Waals surface area contributed by atoms with Crippen molar-refractivity contribution < 1.29 is 13.2 Å². The van der Waals surface area contributed by atoms with E-state index in [0.717, 1.165) is 12.1 Å². The molecule has 0 radical (unpaired) electrons. The molecule has 1 aromatic carbocycles. The van der Waals surface area contributed by atoms with Crippen molar-refractivity contribution in [2.45, 2.75) is 12.1 Å². The van der Waals surface area contributed by atoms with Gasteiger partial charge in [0.2, 0.25) is 0 Å². The molecule has 0 bridgehead atoms. The van der Waals surface area contributed by atoms with Gasteiger partial charge in [0.15, 0.2) is 0 Å². The minimum Gasteiger partial charge on any atom is -0.239 e. The summed E-state index contributed by atoms with van der Waals surface area (Å²) in [4.78, 5) is 3.70. The molecule has 0 aliphatic rings. The van der Waals surface area contributed by atoms with E-state index in [0.29, 0.717) is 10.6 Å². The molecule has 0 saturated carbocycles. The third-order valence-corrected chi connectivity index (χ3v) is 3.34. The number of nitrogens with zero attached hydrogens (tertiary/aromatic N) is 2. The second kappa shape index (κ2) is 5.92. The van der Waals surface area contributed by atoms with E-state index in [1.54, 1.807) is 24.3 Å². The average molecular weight is 331 g/mol. The molecule has 21 heavy (non-hydrogen) atoms. The zero-order valence-electron chi connectivity index (χ0n) is 10.3. The van der Waals surface area contributed by atoms with E-state index in [2.05, 4.69) is 4.98 Å². The average Bonchev–Trinajstić information content (AvgIpc) is 2.40. The molecule has 108 valence electrons. The summed E-state index contributed by atoms with van der Waals surface area (Å²) in [6, 6.07) is 10.4. The second-order valence-corrected chi connectivity index (χ2v) is 4.98. The van der Waals surface area contributed by atoms with Crippen LogP contribution in [-0.4, -0.2) is 4.98 Å². The highest BCUT2D eigenvalue weighted by molar-refractivity contribution is 6.30. The van der Waals surface area contributed by atoms with Crippen LogP contribution < -0.4 is 0 Å². The van der Waals surface area contributed by atoms with Crippen LogP contribution in [0, 0.1) is 11.3 Å². The molecule has 0 spiro atoms. The smallest absolute Gasteiger partial charge is 0.239 e. The molecule has 0 aliphatic heterocycles. The number of hydrogen-bond donors (Lipinski definition) is 0. The molecule has 1 heterocycles. The van der Waals surface area contributed by atoms with Crippen LogP contribution in [0.15, 0.2) is 36.4 Å². The summed E-state index contributed by atoms with van der Waals surface area (Å²) in [6.45, 7) is 0. The molecular weight excluding hydrogens is 324 g/mol. The van der Waals surface area contributed by atoms with Gasteiger partial charge >= 0.3 is 6.18 Å². The molecule has 0 saturated heterocycles. The van der Waals surface area contributed by atoms with Gasteiger partial charge in [0.25, 0.3) is 0 Å². The lowest BCUT2D eigenvalue weighted by Gasteiger charge is -2.13. The van der Waals surface area contributed by atoms with Crippen LogP contribution in [0.3, 0.4) is 0 Å². The first kappa shape index (κ1) is 15.6. The van der Waals surface area contributed by atoms with Crippen molar-refractivity contribution in [3.05, 3.63) is 63.4 Å².